The third-order valence-corrected chi connectivity index (χ3v) is 4.97. The van der Waals surface area contributed by atoms with Crippen molar-refractivity contribution in [2.24, 2.45) is 5.92 Å². The fraction of sp³-hybridized carbons (Fsp3) is 0.615. The van der Waals surface area contributed by atoms with Crippen molar-refractivity contribution in [2.75, 3.05) is 6.54 Å². The lowest BCUT2D eigenvalue weighted by molar-refractivity contribution is -0.139. The van der Waals surface area contributed by atoms with E-state index in [1.807, 2.05) is 13.8 Å². The highest BCUT2D eigenvalue weighted by atomic mass is 16.8. The zero-order valence-corrected chi connectivity index (χ0v) is 23.1. The van der Waals surface area contributed by atoms with Gasteiger partial charge in [0.15, 0.2) is 11.5 Å². The molecule has 0 aliphatic heterocycles. The summed E-state index contributed by atoms with van der Waals surface area (Å²) in [6.07, 6.45) is -4.81. The molecule has 2 unspecified atom stereocenters. The fourth-order valence-corrected chi connectivity index (χ4v) is 2.77. The lowest BCUT2D eigenvalue weighted by atomic mass is 10.0. The van der Waals surface area contributed by atoms with E-state index in [-0.39, 0.29) is 36.5 Å². The number of hydrogen-bond donors (Lipinski definition) is 2. The highest BCUT2D eigenvalue weighted by Crippen LogP contribution is 2.30. The summed E-state index contributed by atoms with van der Waals surface area (Å²) in [6.45, 7) is 13.7. The standard InChI is InChI=1S/C26H39NO11/c1-14(2)18(8)36-26(32)35-17(7)13-27-20(23(28)29)11-19-9-10-21(37-24(30)33-15(3)4)22(12-19)38-25(31)34-16(5)6/h9-10,12,14-18,20,27H,11,13H2,1-8H3,(H,28,29)/t17?,18?,20-/m0/s1. The zero-order chi connectivity index (χ0) is 29.0. The molecule has 0 heterocycles. The Morgan fingerprint density at radius 1 is 0.763 bits per heavy atom. The van der Waals surface area contributed by atoms with Crippen LogP contribution in [0.3, 0.4) is 0 Å². The Kier molecular flexibility index (Phi) is 13.4. The van der Waals surface area contributed by atoms with Gasteiger partial charge in [0.2, 0.25) is 0 Å². The molecular weight excluding hydrogens is 502 g/mol. The van der Waals surface area contributed by atoms with E-state index in [0.29, 0.717) is 5.56 Å². The van der Waals surface area contributed by atoms with Crippen LogP contribution in [-0.4, -0.2) is 66.5 Å². The van der Waals surface area contributed by atoms with E-state index < -0.39 is 48.8 Å². The smallest absolute Gasteiger partial charge is 0.480 e. The van der Waals surface area contributed by atoms with Crippen LogP contribution in [0.25, 0.3) is 0 Å². The Morgan fingerprint density at radius 3 is 1.82 bits per heavy atom. The topological polar surface area (TPSA) is 156 Å². The van der Waals surface area contributed by atoms with Crippen molar-refractivity contribution in [3.05, 3.63) is 23.8 Å². The number of carboxylic acid groups (broad SMARTS) is 1. The van der Waals surface area contributed by atoms with Crippen LogP contribution in [0.1, 0.15) is 61.0 Å². The van der Waals surface area contributed by atoms with Gasteiger partial charge < -0.3 is 38.8 Å². The molecule has 0 spiro atoms. The van der Waals surface area contributed by atoms with Crippen LogP contribution in [0, 0.1) is 5.92 Å². The molecule has 3 atom stereocenters. The first-order chi connectivity index (χ1) is 17.7. The second-order valence-corrected chi connectivity index (χ2v) is 9.57. The van der Waals surface area contributed by atoms with Gasteiger partial charge in [-0.15, -0.1) is 0 Å². The maximum Gasteiger partial charge on any atom is 0.514 e. The number of ether oxygens (including phenoxy) is 6. The van der Waals surface area contributed by atoms with Crippen LogP contribution in [0.15, 0.2) is 18.2 Å². The van der Waals surface area contributed by atoms with E-state index in [1.165, 1.54) is 18.2 Å². The van der Waals surface area contributed by atoms with Crippen LogP contribution in [0.5, 0.6) is 11.5 Å². The summed E-state index contributed by atoms with van der Waals surface area (Å²) >= 11 is 0. The highest BCUT2D eigenvalue weighted by Gasteiger charge is 2.23. The molecule has 0 bridgehead atoms. The maximum absolute atomic E-state index is 12.1. The van der Waals surface area contributed by atoms with Crippen LogP contribution in [-0.2, 0) is 30.2 Å². The second-order valence-electron chi connectivity index (χ2n) is 9.57. The van der Waals surface area contributed by atoms with Gasteiger partial charge in [0, 0.05) is 6.54 Å². The summed E-state index contributed by atoms with van der Waals surface area (Å²) in [6, 6.07) is 3.15. The second kappa shape index (κ2) is 15.7. The largest absolute Gasteiger partial charge is 0.514 e. The van der Waals surface area contributed by atoms with E-state index in [9.17, 15) is 24.3 Å². The van der Waals surface area contributed by atoms with E-state index in [0.717, 1.165) is 0 Å². The number of carbonyl (C=O) groups is 4. The molecule has 2 N–H and O–H groups in total. The SMILES string of the molecule is CC(C)OC(=O)Oc1ccc(C[C@H](NCC(C)OC(=O)OC(C)C(C)C)C(=O)O)cc1OC(=O)OC(C)C. The number of hydrogen-bond acceptors (Lipinski definition) is 11. The van der Waals surface area contributed by atoms with Gasteiger partial charge in [0.25, 0.3) is 0 Å². The molecule has 0 aromatic heterocycles. The van der Waals surface area contributed by atoms with Gasteiger partial charge in [-0.25, -0.2) is 14.4 Å². The van der Waals surface area contributed by atoms with Crippen LogP contribution < -0.4 is 14.8 Å². The normalized spacial score (nSPS) is 13.4. The maximum atomic E-state index is 12.1. The van der Waals surface area contributed by atoms with Gasteiger partial charge in [-0.2, -0.15) is 0 Å². The minimum absolute atomic E-state index is 0.0361. The predicted octanol–water partition coefficient (Wildman–Crippen LogP) is 4.71. The summed E-state index contributed by atoms with van der Waals surface area (Å²) in [5.41, 5.74) is 0.445. The summed E-state index contributed by atoms with van der Waals surface area (Å²) in [7, 11) is 0. The van der Waals surface area contributed by atoms with Gasteiger partial charge >= 0.3 is 24.4 Å². The van der Waals surface area contributed by atoms with Gasteiger partial charge in [0.1, 0.15) is 18.2 Å². The molecule has 0 saturated heterocycles. The Morgan fingerprint density at radius 2 is 1.32 bits per heavy atom. The number of carboxylic acids is 1. The minimum atomic E-state index is -1.16. The van der Waals surface area contributed by atoms with Gasteiger partial charge in [0.05, 0.1) is 12.2 Å². The minimum Gasteiger partial charge on any atom is -0.480 e. The molecule has 0 fully saturated rings. The van der Waals surface area contributed by atoms with E-state index in [4.69, 9.17) is 28.4 Å². The molecule has 0 aliphatic carbocycles. The lowest BCUT2D eigenvalue weighted by Gasteiger charge is -2.21. The summed E-state index contributed by atoms with van der Waals surface area (Å²) in [4.78, 5) is 47.8. The molecule has 38 heavy (non-hydrogen) atoms. The Bertz CT molecular complexity index is 945. The van der Waals surface area contributed by atoms with Crippen molar-refractivity contribution >= 4 is 24.4 Å². The number of aliphatic carboxylic acids is 1. The molecule has 1 aromatic rings. The molecule has 12 heteroatoms. The molecule has 214 valence electrons. The molecule has 0 saturated carbocycles. The molecule has 0 radical (unpaired) electrons. The third kappa shape index (κ3) is 12.6. The van der Waals surface area contributed by atoms with Crippen molar-refractivity contribution in [1.29, 1.82) is 0 Å². The first-order valence-electron chi connectivity index (χ1n) is 12.4. The third-order valence-electron chi connectivity index (χ3n) is 4.97. The summed E-state index contributed by atoms with van der Waals surface area (Å²) < 4.78 is 30.6. The van der Waals surface area contributed by atoms with Crippen molar-refractivity contribution < 1.29 is 52.7 Å². The quantitative estimate of drug-likeness (QED) is 0.202. The van der Waals surface area contributed by atoms with E-state index >= 15 is 0 Å². The Balaban J connectivity index is 2.95. The number of carbonyl (C=O) groups excluding carboxylic acids is 3. The number of rotatable bonds is 13. The number of nitrogens with one attached hydrogen (secondary N) is 1. The average molecular weight is 542 g/mol. The molecular formula is C26H39NO11. The number of benzene rings is 1. The molecule has 1 rings (SSSR count). The summed E-state index contributed by atoms with van der Waals surface area (Å²) in [5, 5.41) is 12.5. The van der Waals surface area contributed by atoms with E-state index in [1.54, 1.807) is 41.5 Å². The van der Waals surface area contributed by atoms with Gasteiger partial charge in [-0.1, -0.05) is 19.9 Å². The van der Waals surface area contributed by atoms with Gasteiger partial charge in [-0.3, -0.25) is 4.79 Å². The monoisotopic (exact) mass is 541 g/mol. The Hall–Kier alpha value is -3.54. The van der Waals surface area contributed by atoms with E-state index in [2.05, 4.69) is 5.32 Å². The Labute approximate surface area is 222 Å². The predicted molar refractivity (Wildman–Crippen MR) is 135 cm³/mol. The molecule has 12 nitrogen and oxygen atoms in total. The first kappa shape index (κ1) is 32.5. The molecule has 0 amide bonds. The van der Waals surface area contributed by atoms with Crippen molar-refractivity contribution in [3.8, 4) is 11.5 Å². The first-order valence-corrected chi connectivity index (χ1v) is 12.4. The van der Waals surface area contributed by atoms with Crippen LogP contribution in [0.2, 0.25) is 0 Å². The average Bonchev–Trinajstić information content (AvgIpc) is 2.76. The summed E-state index contributed by atoms with van der Waals surface area (Å²) in [5.74, 6) is -1.31. The van der Waals surface area contributed by atoms with Crippen LogP contribution >= 0.6 is 0 Å². The fourth-order valence-electron chi connectivity index (χ4n) is 2.77. The molecule has 1 aromatic carbocycles. The van der Waals surface area contributed by atoms with Gasteiger partial charge in [-0.05, 0) is 71.6 Å². The van der Waals surface area contributed by atoms with Crippen molar-refractivity contribution in [3.63, 3.8) is 0 Å². The van der Waals surface area contributed by atoms with Crippen molar-refractivity contribution in [1.82, 2.24) is 5.32 Å². The highest BCUT2D eigenvalue weighted by molar-refractivity contribution is 5.74. The molecule has 0 aliphatic rings. The zero-order valence-electron chi connectivity index (χ0n) is 23.1. The lowest BCUT2D eigenvalue weighted by Crippen LogP contribution is -2.43. The van der Waals surface area contributed by atoms with Crippen molar-refractivity contribution in [2.45, 2.75) is 92.3 Å². The van der Waals surface area contributed by atoms with Crippen LogP contribution in [0.4, 0.5) is 14.4 Å².